The minimum atomic E-state index is 0.785. The molecular weight excluding hydrogens is 270 g/mol. The number of nitrogens with one attached hydrogen (secondary N) is 1. The second-order valence-corrected chi connectivity index (χ2v) is 6.49. The smallest absolute Gasteiger partial charge is 0.0705 e. The van der Waals surface area contributed by atoms with Gasteiger partial charge in [-0.25, -0.2) is 0 Å². The summed E-state index contributed by atoms with van der Waals surface area (Å²) in [6, 6.07) is 8.25. The van der Waals surface area contributed by atoms with Crippen molar-refractivity contribution >= 4 is 22.5 Å². The van der Waals surface area contributed by atoms with E-state index in [9.17, 15) is 0 Å². The van der Waals surface area contributed by atoms with E-state index in [1.807, 2.05) is 12.1 Å². The molecule has 0 bridgehead atoms. The summed E-state index contributed by atoms with van der Waals surface area (Å²) < 4.78 is 0. The first-order chi connectivity index (χ1) is 9.63. The summed E-state index contributed by atoms with van der Waals surface area (Å²) in [6.07, 6.45) is 1.29. The molecule has 1 aromatic carbocycles. The van der Waals surface area contributed by atoms with Crippen molar-refractivity contribution in [3.8, 4) is 0 Å². The van der Waals surface area contributed by atoms with Gasteiger partial charge in [0, 0.05) is 36.2 Å². The fraction of sp³-hybridized carbons (Fsp3) is 0.500. The Morgan fingerprint density at radius 1 is 1.35 bits per heavy atom. The van der Waals surface area contributed by atoms with Crippen molar-refractivity contribution in [3.63, 3.8) is 0 Å². The van der Waals surface area contributed by atoms with Crippen LogP contribution < -0.4 is 0 Å². The SMILES string of the molecule is CN(C)C[C@@H]1CCN(Cc2[nH]c3ccccc3c2Cl)C1. The molecule has 3 rings (SSSR count). The second-order valence-electron chi connectivity index (χ2n) is 6.12. The molecule has 1 aliphatic heterocycles. The number of nitrogens with zero attached hydrogens (tertiary/aromatic N) is 2. The molecule has 0 amide bonds. The maximum atomic E-state index is 6.49. The number of hydrogen-bond donors (Lipinski definition) is 1. The van der Waals surface area contributed by atoms with Crippen LogP contribution in [0, 0.1) is 5.92 Å². The van der Waals surface area contributed by atoms with Gasteiger partial charge in [0.25, 0.3) is 0 Å². The Kier molecular flexibility index (Phi) is 4.01. The lowest BCUT2D eigenvalue weighted by Gasteiger charge is -2.18. The number of fused-ring (bicyclic) bond motifs is 1. The Labute approximate surface area is 125 Å². The molecule has 1 atom stereocenters. The summed E-state index contributed by atoms with van der Waals surface area (Å²) in [6.45, 7) is 4.45. The van der Waals surface area contributed by atoms with Crippen LogP contribution in [0.4, 0.5) is 0 Å². The first-order valence-corrected chi connectivity index (χ1v) is 7.63. The molecule has 0 radical (unpaired) electrons. The fourth-order valence-corrected chi connectivity index (χ4v) is 3.49. The summed E-state index contributed by atoms with van der Waals surface area (Å²) in [5, 5.41) is 2.02. The van der Waals surface area contributed by atoms with Gasteiger partial charge in [0.2, 0.25) is 0 Å². The van der Waals surface area contributed by atoms with Gasteiger partial charge in [-0.05, 0) is 39.0 Å². The average molecular weight is 292 g/mol. The van der Waals surface area contributed by atoms with E-state index in [2.05, 4.69) is 41.0 Å². The van der Waals surface area contributed by atoms with Gasteiger partial charge in [-0.15, -0.1) is 0 Å². The zero-order valence-corrected chi connectivity index (χ0v) is 13.0. The third-order valence-electron chi connectivity index (χ3n) is 4.09. The average Bonchev–Trinajstić information content (AvgIpc) is 2.96. The van der Waals surface area contributed by atoms with Crippen molar-refractivity contribution in [2.24, 2.45) is 5.92 Å². The minimum Gasteiger partial charge on any atom is -0.356 e. The first kappa shape index (κ1) is 13.9. The molecule has 0 spiro atoms. The summed E-state index contributed by atoms with van der Waals surface area (Å²) in [7, 11) is 4.30. The van der Waals surface area contributed by atoms with E-state index in [0.717, 1.165) is 34.1 Å². The number of likely N-dealkylation sites (tertiary alicyclic amines) is 1. The highest BCUT2D eigenvalue weighted by Crippen LogP contribution is 2.29. The Bertz CT molecular complexity index is 590. The molecule has 1 aliphatic rings. The summed E-state index contributed by atoms with van der Waals surface area (Å²) in [5.74, 6) is 0.785. The molecule has 3 nitrogen and oxygen atoms in total. The van der Waals surface area contributed by atoms with E-state index >= 15 is 0 Å². The second kappa shape index (κ2) is 5.76. The summed E-state index contributed by atoms with van der Waals surface area (Å²) >= 11 is 6.49. The van der Waals surface area contributed by atoms with Crippen LogP contribution in [-0.4, -0.2) is 48.5 Å². The Balaban J connectivity index is 1.70. The van der Waals surface area contributed by atoms with Gasteiger partial charge in [0.1, 0.15) is 0 Å². The molecule has 1 aromatic heterocycles. The molecule has 4 heteroatoms. The molecule has 1 N–H and O–H groups in total. The van der Waals surface area contributed by atoms with E-state index in [-0.39, 0.29) is 0 Å². The lowest BCUT2D eigenvalue weighted by atomic mass is 10.1. The lowest BCUT2D eigenvalue weighted by Crippen LogP contribution is -2.25. The van der Waals surface area contributed by atoms with Gasteiger partial charge in [-0.1, -0.05) is 29.8 Å². The van der Waals surface area contributed by atoms with Crippen molar-refractivity contribution < 1.29 is 0 Å². The largest absolute Gasteiger partial charge is 0.356 e. The number of aromatic amines is 1. The van der Waals surface area contributed by atoms with Crippen LogP contribution in [0.5, 0.6) is 0 Å². The molecule has 0 saturated carbocycles. The van der Waals surface area contributed by atoms with Gasteiger partial charge in [-0.2, -0.15) is 0 Å². The molecule has 2 aromatic rings. The van der Waals surface area contributed by atoms with E-state index in [0.29, 0.717) is 0 Å². The number of para-hydroxylation sites is 1. The van der Waals surface area contributed by atoms with Crippen LogP contribution in [0.15, 0.2) is 24.3 Å². The highest BCUT2D eigenvalue weighted by molar-refractivity contribution is 6.36. The van der Waals surface area contributed by atoms with E-state index in [1.54, 1.807) is 0 Å². The number of benzene rings is 1. The standard InChI is InChI=1S/C16H22ClN3/c1-19(2)9-12-7-8-20(10-12)11-15-16(17)13-5-3-4-6-14(13)18-15/h3-6,12,18H,7-11H2,1-2H3/t12-/m0/s1. The summed E-state index contributed by atoms with van der Waals surface area (Å²) in [5.41, 5.74) is 2.29. The highest BCUT2D eigenvalue weighted by atomic mass is 35.5. The summed E-state index contributed by atoms with van der Waals surface area (Å²) in [4.78, 5) is 8.25. The maximum Gasteiger partial charge on any atom is 0.0705 e. The quantitative estimate of drug-likeness (QED) is 0.934. The van der Waals surface area contributed by atoms with Crippen LogP contribution in [0.1, 0.15) is 12.1 Å². The topological polar surface area (TPSA) is 22.3 Å². The molecule has 0 unspecified atom stereocenters. The van der Waals surface area contributed by atoms with E-state index < -0.39 is 0 Å². The van der Waals surface area contributed by atoms with Crippen LogP contribution in [0.3, 0.4) is 0 Å². The Morgan fingerprint density at radius 2 is 2.15 bits per heavy atom. The number of halogens is 1. The zero-order chi connectivity index (χ0) is 14.1. The van der Waals surface area contributed by atoms with Gasteiger partial charge >= 0.3 is 0 Å². The van der Waals surface area contributed by atoms with Gasteiger partial charge in [-0.3, -0.25) is 4.90 Å². The van der Waals surface area contributed by atoms with E-state index in [1.165, 1.54) is 26.1 Å². The minimum absolute atomic E-state index is 0.785. The van der Waals surface area contributed by atoms with Gasteiger partial charge < -0.3 is 9.88 Å². The molecule has 0 aliphatic carbocycles. The zero-order valence-electron chi connectivity index (χ0n) is 12.2. The molecule has 1 fully saturated rings. The van der Waals surface area contributed by atoms with Crippen molar-refractivity contribution in [1.82, 2.24) is 14.8 Å². The van der Waals surface area contributed by atoms with E-state index in [4.69, 9.17) is 11.6 Å². The molecular formula is C16H22ClN3. The monoisotopic (exact) mass is 291 g/mol. The third-order valence-corrected chi connectivity index (χ3v) is 4.52. The fourth-order valence-electron chi connectivity index (χ4n) is 3.22. The predicted octanol–water partition coefficient (Wildman–Crippen LogP) is 3.20. The van der Waals surface area contributed by atoms with Crippen LogP contribution in [-0.2, 0) is 6.54 Å². The van der Waals surface area contributed by atoms with Crippen LogP contribution >= 0.6 is 11.6 Å². The van der Waals surface area contributed by atoms with Crippen LogP contribution in [0.25, 0.3) is 10.9 Å². The van der Waals surface area contributed by atoms with Crippen molar-refractivity contribution in [2.75, 3.05) is 33.7 Å². The van der Waals surface area contributed by atoms with Crippen molar-refractivity contribution in [2.45, 2.75) is 13.0 Å². The Morgan fingerprint density at radius 3 is 2.90 bits per heavy atom. The normalized spacial score (nSPS) is 20.3. The van der Waals surface area contributed by atoms with Gasteiger partial charge in [0.05, 0.1) is 5.02 Å². The van der Waals surface area contributed by atoms with Crippen molar-refractivity contribution in [1.29, 1.82) is 0 Å². The van der Waals surface area contributed by atoms with Crippen molar-refractivity contribution in [3.05, 3.63) is 35.0 Å². The number of hydrogen-bond acceptors (Lipinski definition) is 2. The molecule has 2 heterocycles. The third kappa shape index (κ3) is 2.85. The number of H-pyrrole nitrogens is 1. The first-order valence-electron chi connectivity index (χ1n) is 7.25. The van der Waals surface area contributed by atoms with Gasteiger partial charge in [0.15, 0.2) is 0 Å². The predicted molar refractivity (Wildman–Crippen MR) is 85.2 cm³/mol. The highest BCUT2D eigenvalue weighted by Gasteiger charge is 2.24. The molecule has 108 valence electrons. The number of rotatable bonds is 4. The Hall–Kier alpha value is -1.03. The maximum absolute atomic E-state index is 6.49. The molecule has 20 heavy (non-hydrogen) atoms. The molecule has 1 saturated heterocycles. The number of aromatic nitrogens is 1. The van der Waals surface area contributed by atoms with Crippen LogP contribution in [0.2, 0.25) is 5.02 Å². The lowest BCUT2D eigenvalue weighted by molar-refractivity contribution is 0.284.